The minimum Gasteiger partial charge on any atom is -0.508 e. The number of ether oxygens (including phenoxy) is 1. The van der Waals surface area contributed by atoms with Crippen molar-refractivity contribution in [1.82, 2.24) is 0 Å². The molecule has 0 spiro atoms. The van der Waals surface area contributed by atoms with Crippen LogP contribution in [-0.2, 0) is 4.74 Å². The topological polar surface area (TPSA) is 66.8 Å². The predicted octanol–water partition coefficient (Wildman–Crippen LogP) is 5.00. The molecule has 0 bridgehead atoms. The lowest BCUT2D eigenvalue weighted by molar-refractivity contribution is 0.0497. The van der Waals surface area contributed by atoms with E-state index in [2.05, 4.69) is 6.58 Å². The lowest BCUT2D eigenvalue weighted by Gasteiger charge is -2.07. The summed E-state index contributed by atoms with van der Waals surface area (Å²) in [6.45, 7) is 4.08. The lowest BCUT2D eigenvalue weighted by Crippen LogP contribution is -2.06. The maximum Gasteiger partial charge on any atom is 0.338 e. The van der Waals surface area contributed by atoms with Crippen molar-refractivity contribution in [2.75, 3.05) is 6.61 Å². The Morgan fingerprint density at radius 3 is 2.16 bits per heavy atom. The van der Waals surface area contributed by atoms with Gasteiger partial charge in [-0.3, -0.25) is 0 Å². The SMILES string of the molecule is C=CCC(O)CCCCCCCCCCOC(=O)c1ccc(O)cc1. The Morgan fingerprint density at radius 1 is 1.00 bits per heavy atom. The number of unbranched alkanes of at least 4 members (excludes halogenated alkanes) is 7. The van der Waals surface area contributed by atoms with Crippen LogP contribution in [0.5, 0.6) is 5.75 Å². The van der Waals surface area contributed by atoms with E-state index in [9.17, 15) is 15.0 Å². The third-order valence-corrected chi connectivity index (χ3v) is 4.21. The Bertz CT molecular complexity index is 481. The van der Waals surface area contributed by atoms with E-state index in [0.717, 1.165) is 32.1 Å². The molecule has 0 saturated heterocycles. The van der Waals surface area contributed by atoms with Gasteiger partial charge in [-0.2, -0.15) is 0 Å². The molecule has 0 aromatic heterocycles. The highest BCUT2D eigenvalue weighted by Crippen LogP contribution is 2.13. The molecule has 0 saturated carbocycles. The van der Waals surface area contributed by atoms with Crippen LogP contribution >= 0.6 is 0 Å². The first-order valence-corrected chi connectivity index (χ1v) is 9.38. The van der Waals surface area contributed by atoms with E-state index in [0.29, 0.717) is 18.6 Å². The number of carbonyl (C=O) groups excluding carboxylic acids is 1. The summed E-state index contributed by atoms with van der Waals surface area (Å²) < 4.78 is 5.22. The van der Waals surface area contributed by atoms with Crippen molar-refractivity contribution in [1.29, 1.82) is 0 Å². The molecule has 25 heavy (non-hydrogen) atoms. The van der Waals surface area contributed by atoms with Crippen LogP contribution in [0.4, 0.5) is 0 Å². The summed E-state index contributed by atoms with van der Waals surface area (Å²) in [5.41, 5.74) is 0.469. The van der Waals surface area contributed by atoms with Gasteiger partial charge in [0.1, 0.15) is 5.75 Å². The second-order valence-electron chi connectivity index (χ2n) is 6.48. The second-order valence-corrected chi connectivity index (χ2v) is 6.48. The van der Waals surface area contributed by atoms with Crippen LogP contribution in [0.15, 0.2) is 36.9 Å². The molecule has 0 heterocycles. The maximum atomic E-state index is 11.8. The molecule has 0 aliphatic carbocycles. The zero-order valence-electron chi connectivity index (χ0n) is 15.2. The van der Waals surface area contributed by atoms with Crippen molar-refractivity contribution < 1.29 is 19.7 Å². The fraction of sp³-hybridized carbons (Fsp3) is 0.571. The summed E-state index contributed by atoms with van der Waals surface area (Å²) in [7, 11) is 0. The molecule has 0 aliphatic heterocycles. The number of carbonyl (C=O) groups is 1. The highest BCUT2D eigenvalue weighted by Gasteiger charge is 2.06. The average Bonchev–Trinajstić information content (AvgIpc) is 2.60. The van der Waals surface area contributed by atoms with Gasteiger partial charge in [-0.25, -0.2) is 4.79 Å². The lowest BCUT2D eigenvalue weighted by atomic mass is 10.0. The zero-order chi connectivity index (χ0) is 18.3. The summed E-state index contributed by atoms with van der Waals surface area (Å²) in [5.74, 6) is -0.192. The fourth-order valence-electron chi connectivity index (χ4n) is 2.70. The van der Waals surface area contributed by atoms with E-state index < -0.39 is 0 Å². The molecular weight excluding hydrogens is 316 g/mol. The molecule has 0 amide bonds. The smallest absolute Gasteiger partial charge is 0.338 e. The van der Waals surface area contributed by atoms with Crippen molar-refractivity contribution in [3.63, 3.8) is 0 Å². The number of phenols is 1. The normalized spacial score (nSPS) is 11.9. The molecule has 1 atom stereocenters. The van der Waals surface area contributed by atoms with E-state index in [1.54, 1.807) is 18.2 Å². The van der Waals surface area contributed by atoms with Gasteiger partial charge in [0.05, 0.1) is 18.3 Å². The van der Waals surface area contributed by atoms with Crippen molar-refractivity contribution in [3.05, 3.63) is 42.5 Å². The number of aliphatic hydroxyl groups excluding tert-OH is 1. The number of benzene rings is 1. The van der Waals surface area contributed by atoms with E-state index in [4.69, 9.17) is 4.74 Å². The molecule has 140 valence electrons. The van der Waals surface area contributed by atoms with Gasteiger partial charge in [0.2, 0.25) is 0 Å². The Morgan fingerprint density at radius 2 is 1.56 bits per heavy atom. The van der Waals surface area contributed by atoms with Crippen molar-refractivity contribution in [3.8, 4) is 5.75 Å². The zero-order valence-corrected chi connectivity index (χ0v) is 15.2. The Labute approximate surface area is 151 Å². The molecule has 4 nitrogen and oxygen atoms in total. The van der Waals surface area contributed by atoms with E-state index in [1.165, 1.54) is 37.8 Å². The second kappa shape index (κ2) is 13.5. The Balaban J connectivity index is 1.89. The van der Waals surface area contributed by atoms with Gasteiger partial charge >= 0.3 is 5.97 Å². The summed E-state index contributed by atoms with van der Waals surface area (Å²) in [4.78, 5) is 11.8. The monoisotopic (exact) mass is 348 g/mol. The van der Waals surface area contributed by atoms with Gasteiger partial charge in [-0.15, -0.1) is 6.58 Å². The van der Waals surface area contributed by atoms with Crippen LogP contribution in [-0.4, -0.2) is 28.9 Å². The summed E-state index contributed by atoms with van der Waals surface area (Å²) in [5, 5.41) is 18.8. The number of hydrogen-bond acceptors (Lipinski definition) is 4. The molecule has 1 rings (SSSR count). The van der Waals surface area contributed by atoms with E-state index in [1.807, 2.05) is 0 Å². The number of esters is 1. The van der Waals surface area contributed by atoms with Gasteiger partial charge in [0, 0.05) is 0 Å². The number of rotatable bonds is 14. The van der Waals surface area contributed by atoms with Gasteiger partial charge in [0.15, 0.2) is 0 Å². The van der Waals surface area contributed by atoms with Crippen molar-refractivity contribution >= 4 is 5.97 Å². The molecule has 0 radical (unpaired) electrons. The molecule has 0 fully saturated rings. The first-order chi connectivity index (χ1) is 12.1. The van der Waals surface area contributed by atoms with E-state index >= 15 is 0 Å². The van der Waals surface area contributed by atoms with Crippen LogP contribution in [0.3, 0.4) is 0 Å². The van der Waals surface area contributed by atoms with Crippen LogP contribution in [0.2, 0.25) is 0 Å². The van der Waals surface area contributed by atoms with E-state index in [-0.39, 0.29) is 17.8 Å². The van der Waals surface area contributed by atoms with Gasteiger partial charge in [0.25, 0.3) is 0 Å². The largest absolute Gasteiger partial charge is 0.508 e. The first kappa shape index (κ1) is 21.2. The molecular formula is C21H32O4. The Kier molecular flexibility index (Phi) is 11.4. The third kappa shape index (κ3) is 10.6. The van der Waals surface area contributed by atoms with Gasteiger partial charge < -0.3 is 14.9 Å². The average molecular weight is 348 g/mol. The standard InChI is InChI=1S/C21H32O4/c1-2-11-19(22)12-9-7-5-3-4-6-8-10-17-25-21(24)18-13-15-20(23)16-14-18/h2,13-16,19,22-23H,1,3-12,17H2. The van der Waals surface area contributed by atoms with Gasteiger partial charge in [-0.1, -0.05) is 51.0 Å². The molecule has 2 N–H and O–H groups in total. The van der Waals surface area contributed by atoms with Crippen molar-refractivity contribution in [2.24, 2.45) is 0 Å². The Hall–Kier alpha value is -1.81. The summed E-state index contributed by atoms with van der Waals surface area (Å²) in [6, 6.07) is 6.09. The molecule has 1 unspecified atom stereocenters. The van der Waals surface area contributed by atoms with Crippen LogP contribution in [0, 0.1) is 0 Å². The predicted molar refractivity (Wildman–Crippen MR) is 101 cm³/mol. The maximum absolute atomic E-state index is 11.8. The number of aliphatic hydroxyl groups is 1. The fourth-order valence-corrected chi connectivity index (χ4v) is 2.70. The molecule has 1 aromatic carbocycles. The van der Waals surface area contributed by atoms with Crippen LogP contribution in [0.25, 0.3) is 0 Å². The number of phenolic OH excluding ortho intramolecular Hbond substituents is 1. The highest BCUT2D eigenvalue weighted by molar-refractivity contribution is 5.89. The minimum atomic E-state index is -0.335. The summed E-state index contributed by atoms with van der Waals surface area (Å²) in [6.07, 6.45) is 12.2. The van der Waals surface area contributed by atoms with Crippen molar-refractivity contribution in [2.45, 2.75) is 70.3 Å². The minimum absolute atomic E-state index is 0.143. The van der Waals surface area contributed by atoms with Crippen LogP contribution in [0.1, 0.15) is 74.6 Å². The highest BCUT2D eigenvalue weighted by atomic mass is 16.5. The van der Waals surface area contributed by atoms with Gasteiger partial charge in [-0.05, 0) is 43.5 Å². The molecule has 1 aromatic rings. The quantitative estimate of drug-likeness (QED) is 0.282. The summed E-state index contributed by atoms with van der Waals surface area (Å²) >= 11 is 0. The molecule has 4 heteroatoms. The third-order valence-electron chi connectivity index (χ3n) is 4.21. The molecule has 0 aliphatic rings. The number of hydrogen-bond donors (Lipinski definition) is 2. The van der Waals surface area contributed by atoms with Crippen LogP contribution < -0.4 is 0 Å². The number of aromatic hydroxyl groups is 1. The first-order valence-electron chi connectivity index (χ1n) is 9.38.